The number of amides is 1. The Morgan fingerprint density at radius 1 is 1.62 bits per heavy atom. The molecule has 88 valence electrons. The smallest absolute Gasteiger partial charge is 0.231 e. The third-order valence-corrected chi connectivity index (χ3v) is 2.68. The number of ether oxygens (including phenoxy) is 1. The van der Waals surface area contributed by atoms with Gasteiger partial charge in [0.2, 0.25) is 5.91 Å². The van der Waals surface area contributed by atoms with E-state index in [2.05, 4.69) is 21.2 Å². The standard InChI is InChI=1S/C11H13BrFNO2/c1-7(14-11(15)6-12)8-3-4-10(16-2)9(13)5-8/h3-5,7H,6H2,1-2H3,(H,14,15)/t7-/m0/s1. The summed E-state index contributed by atoms with van der Waals surface area (Å²) in [5, 5.41) is 2.95. The van der Waals surface area contributed by atoms with E-state index in [1.54, 1.807) is 19.1 Å². The first-order valence-electron chi connectivity index (χ1n) is 4.77. The largest absolute Gasteiger partial charge is 0.494 e. The van der Waals surface area contributed by atoms with Crippen LogP contribution in [-0.4, -0.2) is 18.3 Å². The zero-order valence-electron chi connectivity index (χ0n) is 9.09. The van der Waals surface area contributed by atoms with Crippen LogP contribution in [-0.2, 0) is 4.79 Å². The summed E-state index contributed by atoms with van der Waals surface area (Å²) in [7, 11) is 1.41. The average molecular weight is 290 g/mol. The van der Waals surface area contributed by atoms with Gasteiger partial charge in [-0.05, 0) is 24.6 Å². The topological polar surface area (TPSA) is 38.3 Å². The molecule has 3 nitrogen and oxygen atoms in total. The Kier molecular flexibility index (Phi) is 4.73. The van der Waals surface area contributed by atoms with Crippen molar-refractivity contribution >= 4 is 21.8 Å². The maximum Gasteiger partial charge on any atom is 0.231 e. The van der Waals surface area contributed by atoms with Crippen molar-refractivity contribution in [1.82, 2.24) is 5.32 Å². The average Bonchev–Trinajstić information content (AvgIpc) is 2.28. The predicted octanol–water partition coefficient (Wildman–Crippen LogP) is 2.41. The maximum absolute atomic E-state index is 13.4. The Hall–Kier alpha value is -1.10. The highest BCUT2D eigenvalue weighted by atomic mass is 79.9. The molecule has 1 atom stereocenters. The molecule has 0 fully saturated rings. The summed E-state index contributed by atoms with van der Waals surface area (Å²) in [6.07, 6.45) is 0. The number of carbonyl (C=O) groups is 1. The fourth-order valence-electron chi connectivity index (χ4n) is 1.32. The number of hydrogen-bond donors (Lipinski definition) is 1. The molecule has 16 heavy (non-hydrogen) atoms. The molecule has 0 aromatic heterocycles. The molecule has 0 radical (unpaired) electrons. The van der Waals surface area contributed by atoms with Crippen LogP contribution in [0.2, 0.25) is 0 Å². The SMILES string of the molecule is COc1ccc([C@H](C)NC(=O)CBr)cc1F. The minimum absolute atomic E-state index is 0.135. The molecule has 1 amide bonds. The molecule has 0 saturated heterocycles. The number of carbonyl (C=O) groups excluding carboxylic acids is 1. The lowest BCUT2D eigenvalue weighted by atomic mass is 10.1. The van der Waals surface area contributed by atoms with Crippen LogP contribution in [0.25, 0.3) is 0 Å². The second-order valence-corrected chi connectivity index (χ2v) is 3.88. The molecule has 0 bridgehead atoms. The van der Waals surface area contributed by atoms with Gasteiger partial charge in [-0.25, -0.2) is 4.39 Å². The number of hydrogen-bond acceptors (Lipinski definition) is 2. The number of benzene rings is 1. The number of methoxy groups -OCH3 is 1. The van der Waals surface area contributed by atoms with Crippen LogP contribution in [0.5, 0.6) is 5.75 Å². The van der Waals surface area contributed by atoms with E-state index in [1.165, 1.54) is 13.2 Å². The molecular formula is C11H13BrFNO2. The lowest BCUT2D eigenvalue weighted by Gasteiger charge is -2.14. The highest BCUT2D eigenvalue weighted by Gasteiger charge is 2.11. The fourth-order valence-corrected chi connectivity index (χ4v) is 1.48. The normalized spacial score (nSPS) is 12.0. The zero-order chi connectivity index (χ0) is 12.1. The molecule has 0 aliphatic heterocycles. The van der Waals surface area contributed by atoms with Crippen molar-refractivity contribution in [2.24, 2.45) is 0 Å². The molecule has 1 aromatic rings. The minimum atomic E-state index is -0.431. The van der Waals surface area contributed by atoms with Crippen LogP contribution in [0.4, 0.5) is 4.39 Å². The quantitative estimate of drug-likeness (QED) is 0.865. The molecule has 0 spiro atoms. The zero-order valence-corrected chi connectivity index (χ0v) is 10.7. The first-order chi connectivity index (χ1) is 7.58. The van der Waals surface area contributed by atoms with Crippen molar-refractivity contribution in [3.63, 3.8) is 0 Å². The van der Waals surface area contributed by atoms with Gasteiger partial charge in [0, 0.05) is 0 Å². The van der Waals surface area contributed by atoms with E-state index < -0.39 is 5.82 Å². The minimum Gasteiger partial charge on any atom is -0.494 e. The second-order valence-electron chi connectivity index (χ2n) is 3.32. The van der Waals surface area contributed by atoms with Gasteiger partial charge in [0.05, 0.1) is 18.5 Å². The summed E-state index contributed by atoms with van der Waals surface area (Å²) in [6.45, 7) is 1.79. The highest BCUT2D eigenvalue weighted by Crippen LogP contribution is 2.21. The van der Waals surface area contributed by atoms with Gasteiger partial charge in [-0.3, -0.25) is 4.79 Å². The van der Waals surface area contributed by atoms with E-state index >= 15 is 0 Å². The number of rotatable bonds is 4. The van der Waals surface area contributed by atoms with Crippen molar-refractivity contribution in [2.45, 2.75) is 13.0 Å². The summed E-state index contributed by atoms with van der Waals surface area (Å²) in [4.78, 5) is 11.1. The number of halogens is 2. The van der Waals surface area contributed by atoms with Gasteiger partial charge < -0.3 is 10.1 Å². The highest BCUT2D eigenvalue weighted by molar-refractivity contribution is 9.09. The summed E-state index contributed by atoms with van der Waals surface area (Å²) in [5.74, 6) is -0.369. The van der Waals surface area contributed by atoms with Gasteiger partial charge in [0.1, 0.15) is 0 Å². The molecule has 0 aliphatic rings. The molecule has 0 heterocycles. The van der Waals surface area contributed by atoms with Gasteiger partial charge in [-0.15, -0.1) is 0 Å². The van der Waals surface area contributed by atoms with Crippen LogP contribution in [0, 0.1) is 5.82 Å². The van der Waals surface area contributed by atoms with Gasteiger partial charge in [0.15, 0.2) is 11.6 Å². The lowest BCUT2D eigenvalue weighted by Crippen LogP contribution is -2.27. The maximum atomic E-state index is 13.4. The summed E-state index contributed by atoms with van der Waals surface area (Å²) < 4.78 is 18.2. The molecule has 0 unspecified atom stereocenters. The Morgan fingerprint density at radius 2 is 2.31 bits per heavy atom. The third-order valence-electron chi connectivity index (χ3n) is 2.17. The van der Waals surface area contributed by atoms with E-state index in [9.17, 15) is 9.18 Å². The molecule has 0 saturated carbocycles. The third kappa shape index (κ3) is 3.20. The van der Waals surface area contributed by atoms with Gasteiger partial charge >= 0.3 is 0 Å². The summed E-state index contributed by atoms with van der Waals surface area (Å²) in [6, 6.07) is 4.39. The van der Waals surface area contributed by atoms with Gasteiger partial charge in [-0.2, -0.15) is 0 Å². The Morgan fingerprint density at radius 3 is 2.81 bits per heavy atom. The Bertz CT molecular complexity index is 384. The van der Waals surface area contributed by atoms with E-state index in [1.807, 2.05) is 0 Å². The molecule has 0 aliphatic carbocycles. The number of alkyl halides is 1. The van der Waals surface area contributed by atoms with E-state index in [4.69, 9.17) is 4.74 Å². The molecular weight excluding hydrogens is 277 g/mol. The van der Waals surface area contributed by atoms with Crippen LogP contribution in [0.15, 0.2) is 18.2 Å². The molecule has 1 aromatic carbocycles. The monoisotopic (exact) mass is 289 g/mol. The second kappa shape index (κ2) is 5.84. The van der Waals surface area contributed by atoms with E-state index in [0.29, 0.717) is 5.56 Å². The van der Waals surface area contributed by atoms with Crippen molar-refractivity contribution < 1.29 is 13.9 Å². The Balaban J connectivity index is 2.80. The molecule has 5 heteroatoms. The lowest BCUT2D eigenvalue weighted by molar-refractivity contribution is -0.119. The van der Waals surface area contributed by atoms with Crippen LogP contribution in [0.3, 0.4) is 0 Å². The van der Waals surface area contributed by atoms with Crippen molar-refractivity contribution in [3.05, 3.63) is 29.6 Å². The predicted molar refractivity (Wildman–Crippen MR) is 63.3 cm³/mol. The van der Waals surface area contributed by atoms with Crippen LogP contribution >= 0.6 is 15.9 Å². The molecule has 1 rings (SSSR count). The first-order valence-corrected chi connectivity index (χ1v) is 5.89. The first kappa shape index (κ1) is 13.0. The van der Waals surface area contributed by atoms with Crippen molar-refractivity contribution in [1.29, 1.82) is 0 Å². The molecule has 1 N–H and O–H groups in total. The number of nitrogens with one attached hydrogen (secondary N) is 1. The van der Waals surface area contributed by atoms with Crippen molar-refractivity contribution in [2.75, 3.05) is 12.4 Å². The Labute approximate surface area is 102 Å². The van der Waals surface area contributed by atoms with Crippen LogP contribution in [0.1, 0.15) is 18.5 Å². The van der Waals surface area contributed by atoms with Crippen molar-refractivity contribution in [3.8, 4) is 5.75 Å². The summed E-state index contributed by atoms with van der Waals surface area (Å²) in [5.41, 5.74) is 0.701. The van der Waals surface area contributed by atoms with E-state index in [-0.39, 0.29) is 23.0 Å². The van der Waals surface area contributed by atoms with E-state index in [0.717, 1.165) is 0 Å². The van der Waals surface area contributed by atoms with Crippen LogP contribution < -0.4 is 10.1 Å². The fraction of sp³-hybridized carbons (Fsp3) is 0.364. The van der Waals surface area contributed by atoms with Gasteiger partial charge in [-0.1, -0.05) is 22.0 Å². The van der Waals surface area contributed by atoms with Gasteiger partial charge in [0.25, 0.3) is 0 Å². The summed E-state index contributed by atoms with van der Waals surface area (Å²) >= 11 is 3.05.